The molecule has 3 aromatic rings. The van der Waals surface area contributed by atoms with Crippen LogP contribution in [-0.4, -0.2) is 88.6 Å². The molecule has 2 aromatic carbocycles. The van der Waals surface area contributed by atoms with Gasteiger partial charge >= 0.3 is 0 Å². The van der Waals surface area contributed by atoms with Crippen molar-refractivity contribution in [2.45, 2.75) is 44.6 Å². The summed E-state index contributed by atoms with van der Waals surface area (Å²) < 4.78 is 26.2. The first-order chi connectivity index (χ1) is 20.8. The molecule has 0 radical (unpaired) electrons. The fraction of sp³-hybridized carbons (Fsp3) is 0.452. The van der Waals surface area contributed by atoms with Crippen molar-refractivity contribution in [3.05, 3.63) is 54.4 Å². The minimum atomic E-state index is -1.46. The Balaban J connectivity index is 1.09. The molecule has 3 aliphatic rings. The van der Waals surface area contributed by atoms with E-state index in [0.29, 0.717) is 22.8 Å². The number of alkyl halides is 1. The summed E-state index contributed by atoms with van der Waals surface area (Å²) in [6, 6.07) is 15.2. The normalized spacial score (nSPS) is 21.9. The third-order valence-electron chi connectivity index (χ3n) is 8.49. The van der Waals surface area contributed by atoms with Crippen molar-refractivity contribution in [3.8, 4) is 23.2 Å². The van der Waals surface area contributed by atoms with Gasteiger partial charge in [-0.05, 0) is 62.2 Å². The number of nitrogens with zero attached hydrogens (tertiary/aromatic N) is 6. The molecule has 1 unspecified atom stereocenters. The first-order valence-electron chi connectivity index (χ1n) is 14.5. The Kier molecular flexibility index (Phi) is 8.10. The van der Waals surface area contributed by atoms with Crippen molar-refractivity contribution >= 4 is 23.2 Å². The van der Waals surface area contributed by atoms with Gasteiger partial charge in [-0.15, -0.1) is 0 Å². The summed E-state index contributed by atoms with van der Waals surface area (Å²) in [6.45, 7) is 5.28. The number of nitrogens with one attached hydrogen (secondary N) is 1. The minimum Gasteiger partial charge on any atom is -0.486 e. The number of aromatic nitrogens is 3. The van der Waals surface area contributed by atoms with E-state index in [1.807, 2.05) is 12.1 Å². The molecule has 11 nitrogen and oxygen atoms in total. The Labute approximate surface area is 249 Å². The number of aliphatic hydroxyl groups excluding tert-OH is 1. The van der Waals surface area contributed by atoms with E-state index >= 15 is 0 Å². The third kappa shape index (κ3) is 6.23. The molecule has 3 atom stereocenters. The zero-order chi connectivity index (χ0) is 30.0. The van der Waals surface area contributed by atoms with E-state index in [1.54, 1.807) is 18.2 Å². The third-order valence-corrected chi connectivity index (χ3v) is 8.49. The number of piperidine rings is 2. The zero-order valence-electron chi connectivity index (χ0n) is 23.9. The lowest BCUT2D eigenvalue weighted by atomic mass is 9.77. The van der Waals surface area contributed by atoms with Crippen LogP contribution in [-0.2, 0) is 9.53 Å². The van der Waals surface area contributed by atoms with Crippen LogP contribution in [0.15, 0.2) is 48.8 Å². The molecule has 0 saturated carbocycles. The fourth-order valence-corrected chi connectivity index (χ4v) is 5.80. The monoisotopic (exact) mass is 587 g/mol. The second-order valence-corrected chi connectivity index (χ2v) is 11.5. The van der Waals surface area contributed by atoms with Crippen LogP contribution in [0.25, 0.3) is 11.4 Å². The van der Waals surface area contributed by atoms with Gasteiger partial charge in [0.15, 0.2) is 12.0 Å². The maximum atomic E-state index is 14.8. The zero-order valence-corrected chi connectivity index (χ0v) is 23.9. The smallest absolute Gasteiger partial charge is 0.251 e. The second-order valence-electron chi connectivity index (χ2n) is 11.5. The van der Waals surface area contributed by atoms with Crippen LogP contribution in [0.2, 0.25) is 0 Å². The van der Waals surface area contributed by atoms with Crippen LogP contribution in [0.4, 0.5) is 21.7 Å². The molecule has 1 amide bonds. The van der Waals surface area contributed by atoms with Crippen LogP contribution in [0, 0.1) is 16.7 Å². The van der Waals surface area contributed by atoms with Crippen molar-refractivity contribution in [1.29, 1.82) is 5.26 Å². The lowest BCUT2D eigenvalue weighted by Crippen LogP contribution is -2.51. The largest absolute Gasteiger partial charge is 0.486 e. The van der Waals surface area contributed by atoms with Crippen LogP contribution >= 0.6 is 0 Å². The number of carbonyl (C=O) groups is 1. The van der Waals surface area contributed by atoms with Gasteiger partial charge in [0.05, 0.1) is 25.3 Å². The highest BCUT2D eigenvalue weighted by molar-refractivity contribution is 5.80. The summed E-state index contributed by atoms with van der Waals surface area (Å²) >= 11 is 0. The van der Waals surface area contributed by atoms with Crippen LogP contribution < -0.4 is 15.0 Å². The van der Waals surface area contributed by atoms with E-state index in [9.17, 15) is 19.6 Å². The van der Waals surface area contributed by atoms with E-state index in [4.69, 9.17) is 9.47 Å². The quantitative estimate of drug-likeness (QED) is 0.423. The molecule has 1 spiro atoms. The number of nitriles is 1. The number of likely N-dealkylation sites (tertiary alicyclic amines) is 1. The predicted molar refractivity (Wildman–Crippen MR) is 157 cm³/mol. The molecule has 4 heterocycles. The molecule has 224 valence electrons. The number of hydrogen-bond donors (Lipinski definition) is 2. The average molecular weight is 588 g/mol. The summed E-state index contributed by atoms with van der Waals surface area (Å²) in [5.41, 5.74) is 3.21. The van der Waals surface area contributed by atoms with E-state index in [-0.39, 0.29) is 30.8 Å². The number of anilines is 3. The number of rotatable bonds is 7. The van der Waals surface area contributed by atoms with Gasteiger partial charge < -0.3 is 29.7 Å². The fourth-order valence-electron chi connectivity index (χ4n) is 5.80. The van der Waals surface area contributed by atoms with Gasteiger partial charge in [0.1, 0.15) is 30.4 Å². The Morgan fingerprint density at radius 2 is 1.95 bits per heavy atom. The molecule has 12 heteroatoms. The predicted octanol–water partition coefficient (Wildman–Crippen LogP) is 3.47. The number of hydrogen-bond acceptors (Lipinski definition) is 10. The lowest BCUT2D eigenvalue weighted by Gasteiger charge is -2.47. The van der Waals surface area contributed by atoms with Crippen LogP contribution in [0.1, 0.15) is 31.7 Å². The highest BCUT2D eigenvalue weighted by atomic mass is 19.1. The van der Waals surface area contributed by atoms with Gasteiger partial charge in [-0.1, -0.05) is 0 Å². The highest BCUT2D eigenvalue weighted by Gasteiger charge is 2.41. The Hall–Kier alpha value is -4.34. The number of benzene rings is 2. The van der Waals surface area contributed by atoms with Gasteiger partial charge in [-0.25, -0.2) is 14.4 Å². The van der Waals surface area contributed by atoms with Crippen LogP contribution in [0.3, 0.4) is 0 Å². The van der Waals surface area contributed by atoms with Gasteiger partial charge in [0, 0.05) is 48.4 Å². The average Bonchev–Trinajstić information content (AvgIpc) is 3.01. The van der Waals surface area contributed by atoms with Gasteiger partial charge in [-0.3, -0.25) is 4.79 Å². The first kappa shape index (κ1) is 28.8. The molecule has 3 aliphatic heterocycles. The molecule has 1 aromatic heterocycles. The van der Waals surface area contributed by atoms with Crippen molar-refractivity contribution in [2.24, 2.45) is 5.41 Å². The molecular formula is C31H34FN7O4. The summed E-state index contributed by atoms with van der Waals surface area (Å²) in [7, 11) is 0. The molecule has 0 aliphatic carbocycles. The summed E-state index contributed by atoms with van der Waals surface area (Å²) in [6.07, 6.45) is 0.494. The van der Waals surface area contributed by atoms with Crippen molar-refractivity contribution in [2.75, 3.05) is 49.6 Å². The molecule has 0 bridgehead atoms. The summed E-state index contributed by atoms with van der Waals surface area (Å²) in [5, 5.41) is 22.5. The summed E-state index contributed by atoms with van der Waals surface area (Å²) in [5.74, 6) is 0.459. The second kappa shape index (κ2) is 12.1. The van der Waals surface area contributed by atoms with Gasteiger partial charge in [0.2, 0.25) is 5.95 Å². The highest BCUT2D eigenvalue weighted by Crippen LogP contribution is 2.39. The number of ether oxygens (including phenoxy) is 2. The Bertz CT molecular complexity index is 1500. The van der Waals surface area contributed by atoms with Gasteiger partial charge in [0.25, 0.3) is 5.91 Å². The Morgan fingerprint density at radius 1 is 1.19 bits per heavy atom. The molecule has 6 rings (SSSR count). The maximum Gasteiger partial charge on any atom is 0.251 e. The number of aliphatic hydroxyl groups is 1. The van der Waals surface area contributed by atoms with Crippen molar-refractivity contribution < 1.29 is 23.8 Å². The Morgan fingerprint density at radius 3 is 2.60 bits per heavy atom. The SMILES string of the molecule is CC(O)C(=O)N1CC[C@H](Oc2ccc(-c3ncnc(Nc4ccc(N5CCC6(CC5)COC6)cc4)n3)cc2C#N)[C@H](F)C1. The standard InChI is InChI=1S/C31H34FN7O4/c1-20(40)29(41)39-11-8-27(25(32)16-39)43-26-7-2-21(14-22(26)15-33)28-34-19-35-30(37-28)36-23-3-5-24(6-4-23)38-12-9-31(10-13-38)17-42-18-31/h2-7,14,19-20,25,27,40H,8-13,16-18H2,1H3,(H,34,35,36,37)/t20?,25-,27+/m1/s1. The number of carbonyl (C=O) groups excluding carboxylic acids is 1. The first-order valence-corrected chi connectivity index (χ1v) is 14.5. The molecule has 2 N–H and O–H groups in total. The van der Waals surface area contributed by atoms with E-state index in [2.05, 4.69) is 43.4 Å². The van der Waals surface area contributed by atoms with E-state index in [0.717, 1.165) is 44.8 Å². The lowest BCUT2D eigenvalue weighted by molar-refractivity contribution is -0.143. The molecular weight excluding hydrogens is 553 g/mol. The number of amides is 1. The maximum absolute atomic E-state index is 14.8. The molecule has 3 saturated heterocycles. The van der Waals surface area contributed by atoms with Gasteiger partial charge in [-0.2, -0.15) is 10.2 Å². The van der Waals surface area contributed by atoms with Crippen LogP contribution in [0.5, 0.6) is 5.75 Å². The van der Waals surface area contributed by atoms with E-state index in [1.165, 1.54) is 23.8 Å². The summed E-state index contributed by atoms with van der Waals surface area (Å²) in [4.78, 5) is 28.8. The van der Waals surface area contributed by atoms with Crippen molar-refractivity contribution in [1.82, 2.24) is 19.9 Å². The molecule has 43 heavy (non-hydrogen) atoms. The topological polar surface area (TPSA) is 137 Å². The molecule has 3 fully saturated rings. The number of halogens is 1. The minimum absolute atomic E-state index is 0.174. The van der Waals surface area contributed by atoms with Crippen molar-refractivity contribution in [3.63, 3.8) is 0 Å². The van der Waals surface area contributed by atoms with E-state index < -0.39 is 24.3 Å².